The van der Waals surface area contributed by atoms with E-state index in [2.05, 4.69) is 23.7 Å². The fourth-order valence-electron chi connectivity index (χ4n) is 6.72. The van der Waals surface area contributed by atoms with E-state index in [1.807, 2.05) is 77.1 Å². The summed E-state index contributed by atoms with van der Waals surface area (Å²) in [5.74, 6) is -1.19. The molecule has 0 spiro atoms. The molecule has 1 aliphatic heterocycles. The molecule has 2 heterocycles. The first-order valence-corrected chi connectivity index (χ1v) is 17.2. The minimum Gasteiger partial charge on any atom is -0.497 e. The van der Waals surface area contributed by atoms with Crippen LogP contribution in [0.15, 0.2) is 78.9 Å². The highest BCUT2D eigenvalue weighted by atomic mass is 19.1. The molecular formula is C41H49FN2O6. The minimum absolute atomic E-state index is 0.0600. The van der Waals surface area contributed by atoms with Gasteiger partial charge in [-0.15, -0.1) is 0 Å². The Morgan fingerprint density at radius 2 is 1.58 bits per heavy atom. The standard InChI is InChI=1S/C41H49FN2O6/c1-26(2)37-36(39(46)43-30-18-20-31(47-8)21-19-30)35(27-12-10-9-11-13-27)38(28-14-16-29(42)17-15-28)44(37)23-22-32-24-33(49-41(6,7)48-32)25-34(45)50-40(3,4)5/h9-21,26,32-33H,22-25H2,1-8H3,(H,43,46)/t32-,33-/m1/s1. The van der Waals surface area contributed by atoms with Crippen LogP contribution >= 0.6 is 0 Å². The van der Waals surface area contributed by atoms with Crippen LogP contribution in [0.4, 0.5) is 10.1 Å². The van der Waals surface area contributed by atoms with Crippen molar-refractivity contribution < 1.29 is 32.9 Å². The van der Waals surface area contributed by atoms with Crippen molar-refractivity contribution >= 4 is 17.6 Å². The van der Waals surface area contributed by atoms with Gasteiger partial charge in [-0.25, -0.2) is 4.39 Å². The Kier molecular flexibility index (Phi) is 11.2. The van der Waals surface area contributed by atoms with Crippen LogP contribution in [0.25, 0.3) is 22.4 Å². The van der Waals surface area contributed by atoms with Gasteiger partial charge in [0.15, 0.2) is 5.79 Å². The van der Waals surface area contributed by atoms with E-state index >= 15 is 0 Å². The lowest BCUT2D eigenvalue weighted by Crippen LogP contribution is -2.46. The molecule has 266 valence electrons. The number of anilines is 1. The number of nitrogens with one attached hydrogen (secondary N) is 1. The van der Waals surface area contributed by atoms with Crippen LogP contribution < -0.4 is 10.1 Å². The Bertz CT molecular complexity index is 1770. The first kappa shape index (κ1) is 36.8. The predicted molar refractivity (Wildman–Crippen MR) is 194 cm³/mol. The second-order valence-corrected chi connectivity index (χ2v) is 14.5. The monoisotopic (exact) mass is 684 g/mol. The number of nitrogens with zero attached hydrogens (tertiary/aromatic N) is 1. The zero-order valence-electron chi connectivity index (χ0n) is 30.3. The first-order chi connectivity index (χ1) is 23.6. The van der Waals surface area contributed by atoms with Crippen molar-refractivity contribution in [2.24, 2.45) is 0 Å². The lowest BCUT2D eigenvalue weighted by atomic mass is 9.94. The van der Waals surface area contributed by atoms with Crippen molar-refractivity contribution in [1.29, 1.82) is 0 Å². The number of halogens is 1. The molecule has 5 rings (SSSR count). The molecule has 9 heteroatoms. The van der Waals surface area contributed by atoms with Gasteiger partial charge < -0.3 is 28.8 Å². The van der Waals surface area contributed by atoms with Crippen LogP contribution in [-0.2, 0) is 25.5 Å². The van der Waals surface area contributed by atoms with E-state index < -0.39 is 11.4 Å². The molecule has 3 aromatic carbocycles. The number of carbonyl (C=O) groups is 2. The van der Waals surface area contributed by atoms with Gasteiger partial charge in [0, 0.05) is 29.9 Å². The Balaban J connectivity index is 1.59. The molecule has 4 aromatic rings. The number of hydrogen-bond donors (Lipinski definition) is 1. The van der Waals surface area contributed by atoms with Crippen molar-refractivity contribution in [3.8, 4) is 28.1 Å². The van der Waals surface area contributed by atoms with E-state index in [4.69, 9.17) is 18.9 Å². The molecule has 2 atom stereocenters. The fourth-order valence-corrected chi connectivity index (χ4v) is 6.72. The molecule has 1 fully saturated rings. The molecule has 1 amide bonds. The molecule has 0 unspecified atom stereocenters. The van der Waals surface area contributed by atoms with Gasteiger partial charge in [-0.1, -0.05) is 44.2 Å². The maximum atomic E-state index is 14.5. The third kappa shape index (κ3) is 9.00. The molecule has 0 radical (unpaired) electrons. The summed E-state index contributed by atoms with van der Waals surface area (Å²) in [5, 5.41) is 3.12. The van der Waals surface area contributed by atoms with Gasteiger partial charge in [0.05, 0.1) is 37.0 Å². The van der Waals surface area contributed by atoms with Crippen LogP contribution in [0.2, 0.25) is 0 Å². The number of methoxy groups -OCH3 is 1. The van der Waals surface area contributed by atoms with E-state index in [1.165, 1.54) is 12.1 Å². The van der Waals surface area contributed by atoms with Gasteiger partial charge in [-0.2, -0.15) is 0 Å². The van der Waals surface area contributed by atoms with Crippen LogP contribution in [0.5, 0.6) is 5.75 Å². The van der Waals surface area contributed by atoms with Gasteiger partial charge in [0.1, 0.15) is 17.2 Å². The number of carbonyl (C=O) groups excluding carboxylic acids is 2. The lowest BCUT2D eigenvalue weighted by molar-refractivity contribution is -0.301. The Labute approximate surface area is 294 Å². The highest BCUT2D eigenvalue weighted by molar-refractivity contribution is 6.12. The minimum atomic E-state index is -0.911. The van der Waals surface area contributed by atoms with Crippen LogP contribution in [0.1, 0.15) is 89.7 Å². The van der Waals surface area contributed by atoms with Gasteiger partial charge in [-0.3, -0.25) is 9.59 Å². The normalized spacial score (nSPS) is 17.4. The molecule has 1 N–H and O–H groups in total. The second-order valence-electron chi connectivity index (χ2n) is 14.5. The molecule has 50 heavy (non-hydrogen) atoms. The number of ether oxygens (including phenoxy) is 4. The molecule has 0 saturated carbocycles. The van der Waals surface area contributed by atoms with E-state index in [9.17, 15) is 14.0 Å². The van der Waals surface area contributed by atoms with Crippen molar-refractivity contribution in [3.63, 3.8) is 0 Å². The largest absolute Gasteiger partial charge is 0.497 e. The van der Waals surface area contributed by atoms with E-state index in [0.29, 0.717) is 36.4 Å². The predicted octanol–water partition coefficient (Wildman–Crippen LogP) is 9.38. The fraction of sp³-hybridized carbons (Fsp3) is 0.415. The Hall–Kier alpha value is -4.47. The van der Waals surface area contributed by atoms with Crippen LogP contribution in [-0.4, -0.2) is 47.1 Å². The molecule has 0 bridgehead atoms. The third-order valence-corrected chi connectivity index (χ3v) is 8.52. The number of aromatic nitrogens is 1. The molecular weight excluding hydrogens is 635 g/mol. The molecule has 8 nitrogen and oxygen atoms in total. The first-order valence-electron chi connectivity index (χ1n) is 17.2. The van der Waals surface area contributed by atoms with Crippen molar-refractivity contribution in [3.05, 3.63) is 95.9 Å². The van der Waals surface area contributed by atoms with E-state index in [-0.39, 0.29) is 42.2 Å². The number of rotatable bonds is 11. The highest BCUT2D eigenvalue weighted by Gasteiger charge is 2.38. The van der Waals surface area contributed by atoms with Crippen molar-refractivity contribution in [2.45, 2.75) is 104 Å². The van der Waals surface area contributed by atoms with E-state index in [1.54, 1.807) is 31.4 Å². The zero-order chi connectivity index (χ0) is 36.2. The van der Waals surface area contributed by atoms with Crippen molar-refractivity contribution in [1.82, 2.24) is 4.57 Å². The van der Waals surface area contributed by atoms with Crippen LogP contribution in [0.3, 0.4) is 0 Å². The van der Waals surface area contributed by atoms with E-state index in [0.717, 1.165) is 28.1 Å². The van der Waals surface area contributed by atoms with Crippen LogP contribution in [0, 0.1) is 5.82 Å². The van der Waals surface area contributed by atoms with Gasteiger partial charge in [0.25, 0.3) is 5.91 Å². The average molecular weight is 685 g/mol. The molecule has 1 aliphatic rings. The van der Waals surface area contributed by atoms with Crippen molar-refractivity contribution in [2.75, 3.05) is 12.4 Å². The smallest absolute Gasteiger partial charge is 0.308 e. The summed E-state index contributed by atoms with van der Waals surface area (Å²) in [6.45, 7) is 13.9. The summed E-state index contributed by atoms with van der Waals surface area (Å²) >= 11 is 0. The number of esters is 1. The Morgan fingerprint density at radius 1 is 0.940 bits per heavy atom. The zero-order valence-corrected chi connectivity index (χ0v) is 30.3. The number of amides is 1. The molecule has 1 saturated heterocycles. The summed E-state index contributed by atoms with van der Waals surface area (Å²) in [4.78, 5) is 27.2. The van der Waals surface area contributed by atoms with Gasteiger partial charge in [0.2, 0.25) is 0 Å². The third-order valence-electron chi connectivity index (χ3n) is 8.52. The topological polar surface area (TPSA) is 88.0 Å². The van der Waals surface area contributed by atoms with Gasteiger partial charge in [-0.05, 0) is 107 Å². The second kappa shape index (κ2) is 15.2. The summed E-state index contributed by atoms with van der Waals surface area (Å²) < 4.78 is 40.0. The SMILES string of the molecule is COc1ccc(NC(=O)c2c(-c3ccccc3)c(-c3ccc(F)cc3)n(CC[C@@H]3C[C@H](CC(=O)OC(C)(C)C)OC(C)(C)O3)c2C(C)C)cc1. The summed E-state index contributed by atoms with van der Waals surface area (Å²) in [6.07, 6.45) is 0.578. The number of hydrogen-bond acceptors (Lipinski definition) is 6. The summed E-state index contributed by atoms with van der Waals surface area (Å²) in [7, 11) is 1.60. The average Bonchev–Trinajstić information content (AvgIpc) is 3.39. The Morgan fingerprint density at radius 3 is 2.18 bits per heavy atom. The quantitative estimate of drug-likeness (QED) is 0.159. The van der Waals surface area contributed by atoms with Gasteiger partial charge >= 0.3 is 5.97 Å². The number of benzene rings is 3. The summed E-state index contributed by atoms with van der Waals surface area (Å²) in [6, 6.07) is 23.5. The lowest BCUT2D eigenvalue weighted by Gasteiger charge is -2.41. The highest BCUT2D eigenvalue weighted by Crippen LogP contribution is 2.43. The molecule has 0 aliphatic carbocycles. The maximum Gasteiger partial charge on any atom is 0.308 e. The molecule has 1 aromatic heterocycles. The summed E-state index contributed by atoms with van der Waals surface area (Å²) in [5.41, 5.74) is 4.68. The maximum absolute atomic E-state index is 14.5.